The minimum atomic E-state index is 0.520. The van der Waals surface area contributed by atoms with Crippen molar-refractivity contribution >= 4 is 5.96 Å². The molecule has 1 heterocycles. The number of aliphatic imine (C=N–C) groups is 1. The molecule has 138 valence electrons. The van der Waals surface area contributed by atoms with Gasteiger partial charge in [0.1, 0.15) is 12.4 Å². The topological polar surface area (TPSA) is 77.3 Å². The highest BCUT2D eigenvalue weighted by atomic mass is 16.5. The summed E-state index contributed by atoms with van der Waals surface area (Å²) in [6.45, 7) is 4.98. The standard InChI is InChI=1S/C17H31N3O4/c1-18-17(19-8-3-4-10-22-14-13-21-2)20-9-6-11-23-15-16-7-5-12-24-16/h5,7,12H,3-4,6,8-11,13-15H2,1-2H3,(H2,18,19,20). The summed E-state index contributed by atoms with van der Waals surface area (Å²) in [5, 5.41) is 6.56. The highest BCUT2D eigenvalue weighted by molar-refractivity contribution is 5.79. The molecule has 0 saturated carbocycles. The van der Waals surface area contributed by atoms with Crippen molar-refractivity contribution in [2.24, 2.45) is 4.99 Å². The zero-order valence-electron chi connectivity index (χ0n) is 14.9. The Bertz CT molecular complexity index is 410. The van der Waals surface area contributed by atoms with Crippen molar-refractivity contribution in [2.75, 3.05) is 53.7 Å². The summed E-state index contributed by atoms with van der Waals surface area (Å²) in [6.07, 6.45) is 4.63. The number of hydrogen-bond donors (Lipinski definition) is 2. The summed E-state index contributed by atoms with van der Waals surface area (Å²) < 4.78 is 21.1. The lowest BCUT2D eigenvalue weighted by Gasteiger charge is -2.12. The Morgan fingerprint density at radius 2 is 1.83 bits per heavy atom. The first-order chi connectivity index (χ1) is 11.9. The van der Waals surface area contributed by atoms with E-state index in [0.29, 0.717) is 26.4 Å². The van der Waals surface area contributed by atoms with Gasteiger partial charge in [0.25, 0.3) is 0 Å². The molecular formula is C17H31N3O4. The lowest BCUT2D eigenvalue weighted by atomic mass is 10.3. The van der Waals surface area contributed by atoms with Crippen LogP contribution in [0.4, 0.5) is 0 Å². The van der Waals surface area contributed by atoms with E-state index in [1.54, 1.807) is 20.4 Å². The van der Waals surface area contributed by atoms with Crippen LogP contribution in [0.3, 0.4) is 0 Å². The first-order valence-corrected chi connectivity index (χ1v) is 8.48. The molecule has 0 spiro atoms. The Morgan fingerprint density at radius 1 is 1.04 bits per heavy atom. The van der Waals surface area contributed by atoms with E-state index >= 15 is 0 Å². The lowest BCUT2D eigenvalue weighted by Crippen LogP contribution is -2.38. The van der Waals surface area contributed by atoms with Crippen LogP contribution in [-0.4, -0.2) is 59.6 Å². The van der Waals surface area contributed by atoms with Crippen molar-refractivity contribution in [1.29, 1.82) is 0 Å². The maximum atomic E-state index is 5.53. The number of nitrogens with zero attached hydrogens (tertiary/aromatic N) is 1. The largest absolute Gasteiger partial charge is 0.467 e. The third-order valence-electron chi connectivity index (χ3n) is 3.25. The molecule has 0 bridgehead atoms. The van der Waals surface area contributed by atoms with E-state index in [1.165, 1.54) is 0 Å². The van der Waals surface area contributed by atoms with Gasteiger partial charge in [-0.3, -0.25) is 4.99 Å². The maximum Gasteiger partial charge on any atom is 0.190 e. The van der Waals surface area contributed by atoms with Crippen molar-refractivity contribution in [2.45, 2.75) is 25.9 Å². The Hall–Kier alpha value is -1.57. The Morgan fingerprint density at radius 3 is 2.54 bits per heavy atom. The van der Waals surface area contributed by atoms with Crippen LogP contribution < -0.4 is 10.6 Å². The quantitative estimate of drug-likeness (QED) is 0.305. The summed E-state index contributed by atoms with van der Waals surface area (Å²) in [5.41, 5.74) is 0. The third-order valence-corrected chi connectivity index (χ3v) is 3.25. The van der Waals surface area contributed by atoms with Crippen LogP contribution in [0.15, 0.2) is 27.8 Å². The van der Waals surface area contributed by atoms with Gasteiger partial charge in [-0.2, -0.15) is 0 Å². The molecule has 0 amide bonds. The van der Waals surface area contributed by atoms with E-state index < -0.39 is 0 Å². The zero-order chi connectivity index (χ0) is 17.3. The highest BCUT2D eigenvalue weighted by Gasteiger charge is 1.98. The predicted molar refractivity (Wildman–Crippen MR) is 94.3 cm³/mol. The van der Waals surface area contributed by atoms with Gasteiger partial charge in [-0.05, 0) is 31.4 Å². The second-order valence-corrected chi connectivity index (χ2v) is 5.22. The monoisotopic (exact) mass is 341 g/mol. The predicted octanol–water partition coefficient (Wildman–Crippen LogP) is 1.79. The zero-order valence-corrected chi connectivity index (χ0v) is 14.9. The summed E-state index contributed by atoms with van der Waals surface area (Å²) in [4.78, 5) is 4.20. The van der Waals surface area contributed by atoms with E-state index in [-0.39, 0.29) is 0 Å². The summed E-state index contributed by atoms with van der Waals surface area (Å²) in [7, 11) is 3.45. The molecule has 0 unspecified atom stereocenters. The first-order valence-electron chi connectivity index (χ1n) is 8.48. The molecule has 0 fully saturated rings. The number of hydrogen-bond acceptors (Lipinski definition) is 5. The molecule has 0 aliphatic rings. The smallest absolute Gasteiger partial charge is 0.190 e. The van der Waals surface area contributed by atoms with Crippen LogP contribution >= 0.6 is 0 Å². The summed E-state index contributed by atoms with van der Waals surface area (Å²) in [5.74, 6) is 1.67. The Kier molecular flexibility index (Phi) is 12.8. The SMILES string of the molecule is CN=C(NCCCCOCCOC)NCCCOCc1ccco1. The van der Waals surface area contributed by atoms with Gasteiger partial charge in [0.15, 0.2) is 5.96 Å². The van der Waals surface area contributed by atoms with Crippen molar-refractivity contribution in [3.8, 4) is 0 Å². The highest BCUT2D eigenvalue weighted by Crippen LogP contribution is 2.01. The van der Waals surface area contributed by atoms with Gasteiger partial charge < -0.3 is 29.3 Å². The number of nitrogens with one attached hydrogen (secondary N) is 2. The van der Waals surface area contributed by atoms with Gasteiger partial charge in [0.2, 0.25) is 0 Å². The molecule has 0 aliphatic heterocycles. The summed E-state index contributed by atoms with van der Waals surface area (Å²) in [6, 6.07) is 3.77. The second-order valence-electron chi connectivity index (χ2n) is 5.22. The number of rotatable bonds is 14. The van der Waals surface area contributed by atoms with E-state index in [9.17, 15) is 0 Å². The van der Waals surface area contributed by atoms with E-state index in [2.05, 4.69) is 15.6 Å². The van der Waals surface area contributed by atoms with Crippen LogP contribution in [0.25, 0.3) is 0 Å². The molecule has 0 aromatic carbocycles. The number of guanidine groups is 1. The minimum absolute atomic E-state index is 0.520. The average molecular weight is 341 g/mol. The lowest BCUT2D eigenvalue weighted by molar-refractivity contribution is 0.0689. The molecular weight excluding hydrogens is 310 g/mol. The summed E-state index contributed by atoms with van der Waals surface area (Å²) >= 11 is 0. The van der Waals surface area contributed by atoms with Gasteiger partial charge in [-0.25, -0.2) is 0 Å². The number of unbranched alkanes of at least 4 members (excludes halogenated alkanes) is 1. The molecule has 24 heavy (non-hydrogen) atoms. The van der Waals surface area contributed by atoms with E-state index in [1.807, 2.05) is 12.1 Å². The van der Waals surface area contributed by atoms with Gasteiger partial charge in [0, 0.05) is 40.5 Å². The molecule has 2 N–H and O–H groups in total. The van der Waals surface area contributed by atoms with E-state index in [4.69, 9.17) is 18.6 Å². The molecule has 0 radical (unpaired) electrons. The number of furan rings is 1. The van der Waals surface area contributed by atoms with Crippen LogP contribution in [-0.2, 0) is 20.8 Å². The maximum absolute atomic E-state index is 5.53. The van der Waals surface area contributed by atoms with Crippen LogP contribution in [0.5, 0.6) is 0 Å². The van der Waals surface area contributed by atoms with E-state index in [0.717, 1.165) is 50.7 Å². The molecule has 0 aliphatic carbocycles. The molecule has 0 saturated heterocycles. The fraction of sp³-hybridized carbons (Fsp3) is 0.706. The second kappa shape index (κ2) is 15.0. The minimum Gasteiger partial charge on any atom is -0.467 e. The van der Waals surface area contributed by atoms with Crippen molar-refractivity contribution in [1.82, 2.24) is 10.6 Å². The molecule has 0 atom stereocenters. The average Bonchev–Trinajstić information content (AvgIpc) is 3.11. The molecule has 1 rings (SSSR count). The van der Waals surface area contributed by atoms with Gasteiger partial charge in [-0.1, -0.05) is 0 Å². The molecule has 7 heteroatoms. The molecule has 1 aromatic rings. The molecule has 1 aromatic heterocycles. The third kappa shape index (κ3) is 11.0. The van der Waals surface area contributed by atoms with Crippen LogP contribution in [0, 0.1) is 0 Å². The Labute approximate surface area is 144 Å². The molecule has 7 nitrogen and oxygen atoms in total. The van der Waals surface area contributed by atoms with Gasteiger partial charge >= 0.3 is 0 Å². The normalized spacial score (nSPS) is 11.7. The number of methoxy groups -OCH3 is 1. The fourth-order valence-electron chi connectivity index (χ4n) is 1.95. The van der Waals surface area contributed by atoms with Crippen molar-refractivity contribution < 1.29 is 18.6 Å². The van der Waals surface area contributed by atoms with Crippen molar-refractivity contribution in [3.63, 3.8) is 0 Å². The number of ether oxygens (including phenoxy) is 3. The fourth-order valence-corrected chi connectivity index (χ4v) is 1.95. The Balaban J connectivity index is 1.89. The van der Waals surface area contributed by atoms with Crippen LogP contribution in [0.1, 0.15) is 25.0 Å². The van der Waals surface area contributed by atoms with Gasteiger partial charge in [-0.15, -0.1) is 0 Å². The van der Waals surface area contributed by atoms with Gasteiger partial charge in [0.05, 0.1) is 19.5 Å². The first kappa shape index (κ1) is 20.5. The van der Waals surface area contributed by atoms with Crippen LogP contribution in [0.2, 0.25) is 0 Å². The van der Waals surface area contributed by atoms with Crippen molar-refractivity contribution in [3.05, 3.63) is 24.2 Å².